The summed E-state index contributed by atoms with van der Waals surface area (Å²) < 4.78 is 13.4. The van der Waals surface area contributed by atoms with E-state index in [1.807, 2.05) is 25.1 Å². The molecule has 208 valence electrons. The third-order valence-electron chi connectivity index (χ3n) is 6.61. The van der Waals surface area contributed by atoms with Gasteiger partial charge in [0.2, 0.25) is 5.88 Å². The predicted molar refractivity (Wildman–Crippen MR) is 152 cm³/mol. The molecule has 12 nitrogen and oxygen atoms in total. The molecule has 40 heavy (non-hydrogen) atoms. The highest BCUT2D eigenvalue weighted by Crippen LogP contribution is 2.37. The maximum atomic E-state index is 12.8. The Balaban J connectivity index is 1.38. The summed E-state index contributed by atoms with van der Waals surface area (Å²) in [5.41, 5.74) is 2.41. The first-order valence-electron chi connectivity index (χ1n) is 13.2. The van der Waals surface area contributed by atoms with Crippen LogP contribution in [0.1, 0.15) is 36.5 Å². The van der Waals surface area contributed by atoms with Crippen molar-refractivity contribution in [1.82, 2.24) is 34.6 Å². The molecule has 3 aromatic heterocycles. The van der Waals surface area contributed by atoms with Gasteiger partial charge in [0.15, 0.2) is 17.4 Å². The molecule has 0 saturated carbocycles. The summed E-state index contributed by atoms with van der Waals surface area (Å²) in [5.74, 6) is 2.53. The number of ketones is 1. The molecule has 1 saturated heterocycles. The summed E-state index contributed by atoms with van der Waals surface area (Å²) >= 11 is 0. The van der Waals surface area contributed by atoms with Gasteiger partial charge in [0.25, 0.3) is 0 Å². The lowest BCUT2D eigenvalue weighted by molar-refractivity contribution is 0.0987. The molecule has 0 bridgehead atoms. The van der Waals surface area contributed by atoms with Gasteiger partial charge >= 0.3 is 0 Å². The average Bonchev–Trinajstić information content (AvgIpc) is 3.40. The second-order valence-electron chi connectivity index (χ2n) is 9.65. The third kappa shape index (κ3) is 6.18. The third-order valence-corrected chi connectivity index (χ3v) is 6.61. The molecular formula is C28H33N9O3. The number of nitrogens with one attached hydrogen (secondary N) is 2. The van der Waals surface area contributed by atoms with E-state index in [0.29, 0.717) is 52.4 Å². The van der Waals surface area contributed by atoms with Crippen LogP contribution in [0.2, 0.25) is 0 Å². The number of hydrogen-bond acceptors (Lipinski definition) is 11. The first-order chi connectivity index (χ1) is 19.4. The fourth-order valence-corrected chi connectivity index (χ4v) is 4.64. The first-order valence-corrected chi connectivity index (χ1v) is 13.2. The Morgan fingerprint density at radius 2 is 1.90 bits per heavy atom. The van der Waals surface area contributed by atoms with Crippen molar-refractivity contribution in [2.45, 2.75) is 32.3 Å². The van der Waals surface area contributed by atoms with Gasteiger partial charge in [-0.05, 0) is 38.6 Å². The van der Waals surface area contributed by atoms with Crippen molar-refractivity contribution in [2.75, 3.05) is 37.9 Å². The second-order valence-corrected chi connectivity index (χ2v) is 9.65. The van der Waals surface area contributed by atoms with Crippen molar-refractivity contribution < 1.29 is 14.3 Å². The van der Waals surface area contributed by atoms with Crippen LogP contribution >= 0.6 is 0 Å². The molecule has 4 aromatic rings. The highest BCUT2D eigenvalue weighted by molar-refractivity contribution is 6.02. The van der Waals surface area contributed by atoms with E-state index in [0.717, 1.165) is 31.5 Å². The Kier molecular flexibility index (Phi) is 8.15. The Hall–Kier alpha value is -4.58. The SMILES string of the molecule is CCC(=O)c1cnc(Nc2cnc(O[C@H]3CCCN(C)C3)cn2)cc1Nc1cccc(-c2ncn(C)n2)c1OC. The number of nitrogens with zero attached hydrogens (tertiary/aromatic N) is 7. The van der Waals surface area contributed by atoms with Gasteiger partial charge in [-0.15, -0.1) is 0 Å². The van der Waals surface area contributed by atoms with Gasteiger partial charge in [-0.1, -0.05) is 13.0 Å². The molecule has 4 heterocycles. The van der Waals surface area contributed by atoms with Gasteiger partial charge in [0.05, 0.1) is 42.0 Å². The smallest absolute Gasteiger partial charge is 0.232 e. The van der Waals surface area contributed by atoms with Gasteiger partial charge in [-0.25, -0.2) is 19.9 Å². The Morgan fingerprint density at radius 3 is 2.60 bits per heavy atom. The molecule has 0 aliphatic carbocycles. The summed E-state index contributed by atoms with van der Waals surface area (Å²) in [7, 11) is 5.48. The van der Waals surface area contributed by atoms with E-state index in [9.17, 15) is 4.79 Å². The maximum Gasteiger partial charge on any atom is 0.232 e. The zero-order chi connectivity index (χ0) is 28.1. The minimum atomic E-state index is -0.0438. The molecule has 0 unspecified atom stereocenters. The molecule has 1 atom stereocenters. The van der Waals surface area contributed by atoms with Crippen molar-refractivity contribution in [3.05, 3.63) is 54.7 Å². The number of methoxy groups -OCH3 is 1. The lowest BCUT2D eigenvalue weighted by Crippen LogP contribution is -2.38. The normalized spacial score (nSPS) is 15.4. The number of likely N-dealkylation sites (tertiary alicyclic amines) is 1. The highest BCUT2D eigenvalue weighted by Gasteiger charge is 2.20. The number of pyridine rings is 1. The quantitative estimate of drug-likeness (QED) is 0.279. The van der Waals surface area contributed by atoms with Gasteiger partial charge in [-0.3, -0.25) is 9.48 Å². The number of para-hydroxylation sites is 1. The number of aryl methyl sites for hydroxylation is 1. The van der Waals surface area contributed by atoms with Crippen LogP contribution in [0, 0.1) is 0 Å². The van der Waals surface area contributed by atoms with Gasteiger partial charge in [-0.2, -0.15) is 5.10 Å². The number of rotatable bonds is 10. The lowest BCUT2D eigenvalue weighted by atomic mass is 10.1. The Bertz CT molecular complexity index is 1470. The molecule has 5 rings (SSSR count). The number of carbonyl (C=O) groups excluding carboxylic acids is 1. The van der Waals surface area contributed by atoms with Crippen LogP contribution in [0.25, 0.3) is 11.4 Å². The van der Waals surface area contributed by atoms with E-state index in [1.54, 1.807) is 49.8 Å². The molecule has 12 heteroatoms. The molecule has 1 aromatic carbocycles. The number of likely N-dealkylation sites (N-methyl/N-ethyl adjacent to an activating group) is 1. The summed E-state index contributed by atoms with van der Waals surface area (Å²) in [6, 6.07) is 7.39. The molecule has 1 fully saturated rings. The van der Waals surface area contributed by atoms with Gasteiger partial charge < -0.3 is 25.0 Å². The van der Waals surface area contributed by atoms with Crippen molar-refractivity contribution in [2.24, 2.45) is 7.05 Å². The van der Waals surface area contributed by atoms with Gasteiger partial charge in [0.1, 0.15) is 24.1 Å². The van der Waals surface area contributed by atoms with E-state index in [4.69, 9.17) is 9.47 Å². The first kappa shape index (κ1) is 27.0. The van der Waals surface area contributed by atoms with Crippen molar-refractivity contribution in [1.29, 1.82) is 0 Å². The van der Waals surface area contributed by atoms with Crippen LogP contribution in [0.5, 0.6) is 11.6 Å². The molecule has 0 spiro atoms. The van der Waals surface area contributed by atoms with Crippen LogP contribution in [0.3, 0.4) is 0 Å². The number of aromatic nitrogens is 6. The van der Waals surface area contributed by atoms with Crippen molar-refractivity contribution >= 4 is 28.8 Å². The second kappa shape index (κ2) is 12.1. The average molecular weight is 544 g/mol. The van der Waals surface area contributed by atoms with E-state index >= 15 is 0 Å². The van der Waals surface area contributed by atoms with Crippen molar-refractivity contribution in [3.63, 3.8) is 0 Å². The number of hydrogen-bond donors (Lipinski definition) is 2. The fourth-order valence-electron chi connectivity index (χ4n) is 4.64. The summed E-state index contributed by atoms with van der Waals surface area (Å²) in [5, 5.41) is 10.9. The standard InChI is InChI=1S/C28H33N9O3/c1-5-23(38)20-13-29-24(34-25-14-31-26(15-30-25)40-18-8-7-11-36(2)16-18)12-22(20)33-21-10-6-9-19(27(21)39-4)28-32-17-37(3)35-28/h6,9-10,12-15,17-18H,5,7-8,11,16H2,1-4H3,(H2,29,30,33,34)/t18-/m0/s1. The van der Waals surface area contributed by atoms with Crippen LogP contribution in [0.15, 0.2) is 49.2 Å². The Morgan fingerprint density at radius 1 is 1.05 bits per heavy atom. The van der Waals surface area contributed by atoms with Crippen molar-refractivity contribution in [3.8, 4) is 23.0 Å². The largest absolute Gasteiger partial charge is 0.494 e. The van der Waals surface area contributed by atoms with E-state index in [-0.39, 0.29) is 11.9 Å². The molecular weight excluding hydrogens is 510 g/mol. The van der Waals surface area contributed by atoms with Gasteiger partial charge in [0, 0.05) is 32.3 Å². The minimum Gasteiger partial charge on any atom is -0.494 e. The number of piperidine rings is 1. The number of carbonyl (C=O) groups is 1. The molecule has 0 amide bonds. The lowest BCUT2D eigenvalue weighted by Gasteiger charge is -2.29. The Labute approximate surface area is 232 Å². The number of anilines is 4. The molecule has 1 aliphatic rings. The summed E-state index contributed by atoms with van der Waals surface area (Å²) in [4.78, 5) is 32.7. The summed E-state index contributed by atoms with van der Waals surface area (Å²) in [6.07, 6.45) is 8.93. The molecule has 1 aliphatic heterocycles. The van der Waals surface area contributed by atoms with E-state index in [2.05, 4.69) is 47.6 Å². The monoisotopic (exact) mass is 543 g/mol. The maximum absolute atomic E-state index is 12.8. The zero-order valence-corrected chi connectivity index (χ0v) is 23.1. The number of benzene rings is 1. The summed E-state index contributed by atoms with van der Waals surface area (Å²) in [6.45, 7) is 3.77. The van der Waals surface area contributed by atoms with Crippen LogP contribution in [-0.2, 0) is 7.05 Å². The molecule has 0 radical (unpaired) electrons. The zero-order valence-electron chi connectivity index (χ0n) is 23.1. The highest BCUT2D eigenvalue weighted by atomic mass is 16.5. The minimum absolute atomic E-state index is 0.0438. The van der Waals surface area contributed by atoms with Crippen LogP contribution in [-0.4, -0.2) is 73.8 Å². The molecule has 2 N–H and O–H groups in total. The van der Waals surface area contributed by atoms with E-state index in [1.165, 1.54) is 0 Å². The fraction of sp³-hybridized carbons (Fsp3) is 0.357. The van der Waals surface area contributed by atoms with E-state index < -0.39 is 0 Å². The predicted octanol–water partition coefficient (Wildman–Crippen LogP) is 4.23. The van der Waals surface area contributed by atoms with Crippen LogP contribution < -0.4 is 20.1 Å². The van der Waals surface area contributed by atoms with Crippen LogP contribution in [0.4, 0.5) is 23.0 Å². The number of Topliss-reactive ketones (excluding diaryl/α,β-unsaturated/α-hetero) is 1. The topological polar surface area (TPSA) is 132 Å². The number of ether oxygens (including phenoxy) is 2.